The lowest BCUT2D eigenvalue weighted by Gasteiger charge is -2.16. The molecule has 0 saturated heterocycles. The molecule has 3 rings (SSSR count). The second kappa shape index (κ2) is 10.4. The summed E-state index contributed by atoms with van der Waals surface area (Å²) in [7, 11) is -2.54. The maximum Gasteiger partial charge on any atom is 0.251 e. The van der Waals surface area contributed by atoms with Gasteiger partial charge in [-0.3, -0.25) is 4.79 Å². The van der Waals surface area contributed by atoms with Gasteiger partial charge >= 0.3 is 0 Å². The maximum atomic E-state index is 13.1. The quantitative estimate of drug-likeness (QED) is 0.512. The lowest BCUT2D eigenvalue weighted by Crippen LogP contribution is -2.28. The second-order valence-corrected chi connectivity index (χ2v) is 8.98. The van der Waals surface area contributed by atoms with Crippen molar-refractivity contribution in [3.63, 3.8) is 0 Å². The number of hydrogen-bond acceptors (Lipinski definition) is 4. The van der Waals surface area contributed by atoms with Crippen LogP contribution in [0.2, 0.25) is 0 Å². The molecule has 2 N–H and O–H groups in total. The highest BCUT2D eigenvalue weighted by molar-refractivity contribution is 7.89. The molecule has 0 fully saturated rings. The molecular weight excluding hydrogens is 431 g/mol. The number of sulfonamides is 1. The molecule has 0 heterocycles. The van der Waals surface area contributed by atoms with E-state index in [0.717, 1.165) is 11.1 Å². The van der Waals surface area contributed by atoms with Crippen LogP contribution in [0, 0.1) is 5.82 Å². The van der Waals surface area contributed by atoms with Gasteiger partial charge in [-0.2, -0.15) is 0 Å². The third-order valence-corrected chi connectivity index (χ3v) is 6.46. The van der Waals surface area contributed by atoms with E-state index in [1.807, 2.05) is 30.3 Å². The molecule has 0 radical (unpaired) electrons. The molecule has 1 atom stereocenters. The fraction of sp³-hybridized carbons (Fsp3) is 0.208. The molecule has 0 aromatic heterocycles. The second-order valence-electron chi connectivity index (χ2n) is 7.25. The minimum absolute atomic E-state index is 0.116. The van der Waals surface area contributed by atoms with Crippen LogP contribution >= 0.6 is 0 Å². The molecule has 1 amide bonds. The lowest BCUT2D eigenvalue weighted by molar-refractivity contribution is 0.0939. The highest BCUT2D eigenvalue weighted by Gasteiger charge is 2.22. The normalized spacial score (nSPS) is 12.2. The molecule has 0 bridgehead atoms. The summed E-state index contributed by atoms with van der Waals surface area (Å²) in [5.74, 6) is -0.678. The molecule has 0 aliphatic rings. The number of halogens is 1. The Morgan fingerprint density at radius 1 is 1.03 bits per heavy atom. The Labute approximate surface area is 187 Å². The Kier molecular flexibility index (Phi) is 7.61. The fourth-order valence-corrected chi connectivity index (χ4v) is 4.42. The molecule has 6 nitrogen and oxygen atoms in total. The summed E-state index contributed by atoms with van der Waals surface area (Å²) in [6.45, 7) is 1.96. The van der Waals surface area contributed by atoms with Gasteiger partial charge in [0.2, 0.25) is 10.0 Å². The summed E-state index contributed by atoms with van der Waals surface area (Å²) in [6, 6.07) is 19.2. The predicted molar refractivity (Wildman–Crippen MR) is 121 cm³/mol. The molecule has 32 heavy (non-hydrogen) atoms. The van der Waals surface area contributed by atoms with Crippen molar-refractivity contribution in [2.75, 3.05) is 13.7 Å². The summed E-state index contributed by atoms with van der Waals surface area (Å²) >= 11 is 0. The van der Waals surface area contributed by atoms with Crippen LogP contribution in [0.1, 0.15) is 34.5 Å². The van der Waals surface area contributed by atoms with Crippen LogP contribution in [0.3, 0.4) is 0 Å². The number of carbonyl (C=O) groups excluding carboxylic acids is 1. The van der Waals surface area contributed by atoms with Crippen LogP contribution < -0.4 is 14.8 Å². The van der Waals surface area contributed by atoms with E-state index >= 15 is 0 Å². The molecule has 0 spiro atoms. The van der Waals surface area contributed by atoms with E-state index in [2.05, 4.69) is 10.0 Å². The zero-order valence-electron chi connectivity index (χ0n) is 17.8. The average Bonchev–Trinajstić information content (AvgIpc) is 2.79. The van der Waals surface area contributed by atoms with Gasteiger partial charge in [0.25, 0.3) is 5.91 Å². The van der Waals surface area contributed by atoms with Crippen LogP contribution in [0.5, 0.6) is 5.75 Å². The van der Waals surface area contributed by atoms with Gasteiger partial charge in [0, 0.05) is 12.1 Å². The monoisotopic (exact) mass is 456 g/mol. The van der Waals surface area contributed by atoms with Crippen molar-refractivity contribution >= 4 is 15.9 Å². The van der Waals surface area contributed by atoms with Crippen LogP contribution in [-0.4, -0.2) is 28.0 Å². The standard InChI is InChI=1S/C24H25FN2O4S/c1-17(19-8-11-21(25)12-9-19)27-24(28)20-10-13-22(31-2)23(16-20)32(29,30)26-15-14-18-6-4-3-5-7-18/h3-13,16-17,26H,14-15H2,1-2H3,(H,27,28)/t17-/m0/s1. The first-order chi connectivity index (χ1) is 15.3. The van der Waals surface area contributed by atoms with Crippen molar-refractivity contribution in [2.45, 2.75) is 24.3 Å². The summed E-state index contributed by atoms with van der Waals surface area (Å²) in [4.78, 5) is 12.6. The Balaban J connectivity index is 1.74. The minimum atomic E-state index is -3.91. The van der Waals surface area contributed by atoms with Gasteiger partial charge in [-0.05, 0) is 54.8 Å². The van der Waals surface area contributed by atoms with Crippen molar-refractivity contribution in [3.8, 4) is 5.75 Å². The Morgan fingerprint density at radius 3 is 2.38 bits per heavy atom. The smallest absolute Gasteiger partial charge is 0.251 e. The average molecular weight is 457 g/mol. The van der Waals surface area contributed by atoms with Gasteiger partial charge in [0.15, 0.2) is 0 Å². The maximum absolute atomic E-state index is 13.1. The first kappa shape index (κ1) is 23.4. The summed E-state index contributed by atoms with van der Waals surface area (Å²) in [5.41, 5.74) is 1.90. The SMILES string of the molecule is COc1ccc(C(=O)N[C@@H](C)c2ccc(F)cc2)cc1S(=O)(=O)NCCc1ccccc1. The van der Waals surface area contributed by atoms with E-state index in [4.69, 9.17) is 4.74 Å². The number of benzene rings is 3. The third-order valence-electron chi connectivity index (χ3n) is 4.98. The van der Waals surface area contributed by atoms with Crippen LogP contribution in [0.4, 0.5) is 4.39 Å². The molecular formula is C24H25FN2O4S. The van der Waals surface area contributed by atoms with Gasteiger partial charge in [-0.25, -0.2) is 17.5 Å². The van der Waals surface area contributed by atoms with E-state index in [0.29, 0.717) is 6.42 Å². The van der Waals surface area contributed by atoms with E-state index in [9.17, 15) is 17.6 Å². The minimum Gasteiger partial charge on any atom is -0.495 e. The van der Waals surface area contributed by atoms with Gasteiger partial charge in [0.05, 0.1) is 13.2 Å². The molecule has 3 aromatic carbocycles. The molecule has 0 unspecified atom stereocenters. The number of ether oxygens (including phenoxy) is 1. The topological polar surface area (TPSA) is 84.5 Å². The van der Waals surface area contributed by atoms with Crippen LogP contribution in [-0.2, 0) is 16.4 Å². The zero-order chi connectivity index (χ0) is 23.1. The largest absolute Gasteiger partial charge is 0.495 e. The Morgan fingerprint density at radius 2 is 1.72 bits per heavy atom. The Bertz CT molecular complexity index is 1170. The van der Waals surface area contributed by atoms with Gasteiger partial charge in [-0.1, -0.05) is 42.5 Å². The molecule has 168 valence electrons. The van der Waals surface area contributed by atoms with E-state index in [1.165, 1.54) is 37.4 Å². The summed E-state index contributed by atoms with van der Waals surface area (Å²) in [6.07, 6.45) is 0.526. The number of carbonyl (C=O) groups is 1. The molecule has 8 heteroatoms. The van der Waals surface area contributed by atoms with Crippen molar-refractivity contribution in [2.24, 2.45) is 0 Å². The van der Waals surface area contributed by atoms with Crippen molar-refractivity contribution in [1.82, 2.24) is 10.0 Å². The molecule has 0 aliphatic heterocycles. The van der Waals surface area contributed by atoms with Gasteiger partial charge < -0.3 is 10.1 Å². The first-order valence-corrected chi connectivity index (χ1v) is 11.6. The summed E-state index contributed by atoms with van der Waals surface area (Å²) in [5, 5.41) is 2.80. The van der Waals surface area contributed by atoms with E-state index in [1.54, 1.807) is 19.1 Å². The number of nitrogens with one attached hydrogen (secondary N) is 2. The van der Waals surface area contributed by atoms with Crippen LogP contribution in [0.15, 0.2) is 77.7 Å². The predicted octanol–water partition coefficient (Wildman–Crippen LogP) is 3.85. The summed E-state index contributed by atoms with van der Waals surface area (Å²) < 4.78 is 46.7. The number of amides is 1. The Hall–Kier alpha value is -3.23. The number of rotatable bonds is 9. The van der Waals surface area contributed by atoms with Gasteiger partial charge in [-0.15, -0.1) is 0 Å². The van der Waals surface area contributed by atoms with Gasteiger partial charge in [0.1, 0.15) is 16.5 Å². The number of methoxy groups -OCH3 is 1. The molecule has 0 aliphatic carbocycles. The third kappa shape index (κ3) is 5.93. The van der Waals surface area contributed by atoms with Crippen molar-refractivity contribution in [3.05, 3.63) is 95.3 Å². The fourth-order valence-electron chi connectivity index (χ4n) is 3.19. The highest BCUT2D eigenvalue weighted by atomic mass is 32.2. The van der Waals surface area contributed by atoms with Crippen LogP contribution in [0.25, 0.3) is 0 Å². The highest BCUT2D eigenvalue weighted by Crippen LogP contribution is 2.25. The lowest BCUT2D eigenvalue weighted by atomic mass is 10.1. The number of hydrogen-bond donors (Lipinski definition) is 2. The molecule has 0 saturated carbocycles. The van der Waals surface area contributed by atoms with Crippen molar-refractivity contribution < 1.29 is 22.3 Å². The van der Waals surface area contributed by atoms with Crippen molar-refractivity contribution in [1.29, 1.82) is 0 Å². The van der Waals surface area contributed by atoms with E-state index in [-0.39, 0.29) is 28.6 Å². The molecule has 3 aromatic rings. The van der Waals surface area contributed by atoms with E-state index < -0.39 is 22.0 Å². The zero-order valence-corrected chi connectivity index (χ0v) is 18.7. The first-order valence-electron chi connectivity index (χ1n) is 10.1.